The van der Waals surface area contributed by atoms with Crippen LogP contribution in [0.15, 0.2) is 72.8 Å². The Balaban J connectivity index is 1.21. The van der Waals surface area contributed by atoms with Gasteiger partial charge in [-0.3, -0.25) is 9.80 Å². The summed E-state index contributed by atoms with van der Waals surface area (Å²) in [5.74, 6) is 2.56. The summed E-state index contributed by atoms with van der Waals surface area (Å²) >= 11 is 0. The Morgan fingerprint density at radius 2 is 1.58 bits per heavy atom. The number of nitrogens with zero attached hydrogens (tertiary/aromatic N) is 6. The van der Waals surface area contributed by atoms with Crippen molar-refractivity contribution in [2.75, 3.05) is 33.0 Å². The number of hydrogen-bond donors (Lipinski definition) is 0. The second-order valence-corrected chi connectivity index (χ2v) is 9.49. The van der Waals surface area contributed by atoms with Gasteiger partial charge in [-0.05, 0) is 46.2 Å². The summed E-state index contributed by atoms with van der Waals surface area (Å²) in [6.07, 6.45) is 0. The van der Waals surface area contributed by atoms with Gasteiger partial charge in [0.1, 0.15) is 0 Å². The Morgan fingerprint density at radius 3 is 2.39 bits per heavy atom. The van der Waals surface area contributed by atoms with Crippen LogP contribution in [-0.4, -0.2) is 63.0 Å². The van der Waals surface area contributed by atoms with Gasteiger partial charge in [0.15, 0.2) is 17.3 Å². The summed E-state index contributed by atoms with van der Waals surface area (Å²) in [6.45, 7) is 7.77. The molecular formula is C28H30N6O2. The fourth-order valence-electron chi connectivity index (χ4n) is 5.03. The molecule has 1 aromatic heterocycles. The first kappa shape index (κ1) is 22.7. The average molecular weight is 483 g/mol. The van der Waals surface area contributed by atoms with Crippen LogP contribution in [0.2, 0.25) is 0 Å². The summed E-state index contributed by atoms with van der Waals surface area (Å²) in [4.78, 5) is 5.00. The molecule has 6 rings (SSSR count). The molecule has 36 heavy (non-hydrogen) atoms. The highest BCUT2D eigenvalue weighted by Crippen LogP contribution is 2.33. The topological polar surface area (TPSA) is 68.5 Å². The van der Waals surface area contributed by atoms with E-state index >= 15 is 0 Å². The molecule has 3 heterocycles. The maximum absolute atomic E-state index is 5.56. The van der Waals surface area contributed by atoms with Crippen molar-refractivity contribution < 1.29 is 9.47 Å². The molecule has 0 amide bonds. The Labute approximate surface area is 211 Å². The molecule has 1 saturated heterocycles. The minimum absolute atomic E-state index is 0.00277. The van der Waals surface area contributed by atoms with E-state index in [0.717, 1.165) is 50.0 Å². The third kappa shape index (κ3) is 4.82. The summed E-state index contributed by atoms with van der Waals surface area (Å²) in [7, 11) is 0. The average Bonchev–Trinajstić information content (AvgIpc) is 3.56. The number of hydrogen-bond acceptors (Lipinski definition) is 7. The van der Waals surface area contributed by atoms with E-state index in [0.29, 0.717) is 13.3 Å². The molecule has 0 bridgehead atoms. The van der Waals surface area contributed by atoms with Gasteiger partial charge in [-0.1, -0.05) is 66.2 Å². The molecule has 1 atom stereocenters. The third-order valence-electron chi connectivity index (χ3n) is 6.99. The van der Waals surface area contributed by atoms with E-state index in [1.54, 1.807) is 0 Å². The number of ether oxygens (including phenoxy) is 2. The highest BCUT2D eigenvalue weighted by molar-refractivity contribution is 5.44. The van der Waals surface area contributed by atoms with Crippen LogP contribution in [0.5, 0.6) is 11.5 Å². The van der Waals surface area contributed by atoms with Crippen molar-refractivity contribution in [1.29, 1.82) is 0 Å². The summed E-state index contributed by atoms with van der Waals surface area (Å²) in [5.41, 5.74) is 4.89. The number of aromatic nitrogens is 4. The van der Waals surface area contributed by atoms with Crippen molar-refractivity contribution >= 4 is 0 Å². The quantitative estimate of drug-likeness (QED) is 0.398. The molecule has 1 fully saturated rings. The zero-order valence-electron chi connectivity index (χ0n) is 20.5. The number of fused-ring (bicyclic) bond motifs is 1. The van der Waals surface area contributed by atoms with Gasteiger partial charge in [0.2, 0.25) is 6.79 Å². The highest BCUT2D eigenvalue weighted by atomic mass is 16.7. The molecule has 0 saturated carbocycles. The molecule has 0 N–H and O–H groups in total. The van der Waals surface area contributed by atoms with Crippen molar-refractivity contribution in [1.82, 2.24) is 30.0 Å². The lowest BCUT2D eigenvalue weighted by atomic mass is 10.0. The fourth-order valence-corrected chi connectivity index (χ4v) is 5.03. The fraction of sp³-hybridized carbons (Fsp3) is 0.321. The van der Waals surface area contributed by atoms with E-state index in [1.165, 1.54) is 22.3 Å². The van der Waals surface area contributed by atoms with Gasteiger partial charge in [0.05, 0.1) is 12.6 Å². The number of benzene rings is 3. The van der Waals surface area contributed by atoms with Gasteiger partial charge < -0.3 is 9.47 Å². The predicted molar refractivity (Wildman–Crippen MR) is 136 cm³/mol. The molecule has 0 aliphatic carbocycles. The third-order valence-corrected chi connectivity index (χ3v) is 6.99. The molecule has 4 aromatic rings. The van der Waals surface area contributed by atoms with Gasteiger partial charge in [0, 0.05) is 32.7 Å². The van der Waals surface area contributed by atoms with E-state index in [1.807, 2.05) is 16.8 Å². The standard InChI is InChI=1S/C28H30N6O2/c1-21-7-10-24(11-8-21)27(28-29-30-31-34(28)19-22-5-3-2-4-6-22)33-15-13-32(14-16-33)18-23-9-12-25-26(17-23)36-20-35-25/h2-12,17,27H,13-16,18-20H2,1H3/t27-/m0/s1. The maximum atomic E-state index is 5.56. The Morgan fingerprint density at radius 1 is 0.806 bits per heavy atom. The molecule has 2 aliphatic rings. The SMILES string of the molecule is Cc1ccc([C@@H](c2nnnn2Cc2ccccc2)N2CCN(Cc3ccc4c(c3)OCO4)CC2)cc1. The Kier molecular flexibility index (Phi) is 6.36. The number of tetrazole rings is 1. The second-order valence-electron chi connectivity index (χ2n) is 9.49. The van der Waals surface area contributed by atoms with Crippen molar-refractivity contribution in [3.63, 3.8) is 0 Å². The van der Waals surface area contributed by atoms with Crippen LogP contribution < -0.4 is 9.47 Å². The molecule has 3 aromatic carbocycles. The molecule has 184 valence electrons. The molecule has 0 radical (unpaired) electrons. The van der Waals surface area contributed by atoms with Gasteiger partial charge in [0.25, 0.3) is 0 Å². The largest absolute Gasteiger partial charge is 0.454 e. The maximum Gasteiger partial charge on any atom is 0.231 e. The first-order chi connectivity index (χ1) is 17.7. The van der Waals surface area contributed by atoms with Crippen LogP contribution >= 0.6 is 0 Å². The predicted octanol–water partition coefficient (Wildman–Crippen LogP) is 3.67. The Bertz CT molecular complexity index is 1300. The van der Waals surface area contributed by atoms with Gasteiger partial charge >= 0.3 is 0 Å². The molecule has 0 unspecified atom stereocenters. The van der Waals surface area contributed by atoms with E-state index in [-0.39, 0.29) is 6.04 Å². The molecular weight excluding hydrogens is 452 g/mol. The van der Waals surface area contributed by atoms with Crippen LogP contribution in [0.25, 0.3) is 0 Å². The van der Waals surface area contributed by atoms with Crippen molar-refractivity contribution in [2.24, 2.45) is 0 Å². The van der Waals surface area contributed by atoms with Crippen LogP contribution in [0, 0.1) is 6.92 Å². The molecule has 8 heteroatoms. The first-order valence-corrected chi connectivity index (χ1v) is 12.4. The van der Waals surface area contributed by atoms with E-state index in [2.05, 4.69) is 92.9 Å². The van der Waals surface area contributed by atoms with Crippen LogP contribution in [-0.2, 0) is 13.1 Å². The summed E-state index contributed by atoms with van der Waals surface area (Å²) < 4.78 is 13.0. The van der Waals surface area contributed by atoms with Crippen LogP contribution in [0.4, 0.5) is 0 Å². The first-order valence-electron chi connectivity index (χ1n) is 12.4. The molecule has 0 spiro atoms. The number of rotatable bonds is 7. The van der Waals surface area contributed by atoms with E-state index < -0.39 is 0 Å². The Hall–Kier alpha value is -3.75. The molecule has 8 nitrogen and oxygen atoms in total. The smallest absolute Gasteiger partial charge is 0.231 e. The lowest BCUT2D eigenvalue weighted by Gasteiger charge is -2.39. The summed E-state index contributed by atoms with van der Waals surface area (Å²) in [6, 6.07) is 25.4. The van der Waals surface area contributed by atoms with Crippen molar-refractivity contribution in [2.45, 2.75) is 26.1 Å². The zero-order chi connectivity index (χ0) is 24.3. The lowest BCUT2D eigenvalue weighted by molar-refractivity contribution is 0.100. The van der Waals surface area contributed by atoms with Gasteiger partial charge in [-0.25, -0.2) is 4.68 Å². The van der Waals surface area contributed by atoms with Gasteiger partial charge in [-0.2, -0.15) is 0 Å². The number of aryl methyl sites for hydroxylation is 1. The van der Waals surface area contributed by atoms with Crippen molar-refractivity contribution in [3.8, 4) is 11.5 Å². The lowest BCUT2D eigenvalue weighted by Crippen LogP contribution is -2.48. The van der Waals surface area contributed by atoms with Crippen LogP contribution in [0.3, 0.4) is 0 Å². The van der Waals surface area contributed by atoms with E-state index in [9.17, 15) is 0 Å². The normalized spacial score (nSPS) is 16.8. The molecule has 2 aliphatic heterocycles. The number of piperazine rings is 1. The zero-order valence-corrected chi connectivity index (χ0v) is 20.5. The van der Waals surface area contributed by atoms with E-state index in [4.69, 9.17) is 9.47 Å². The summed E-state index contributed by atoms with van der Waals surface area (Å²) in [5, 5.41) is 13.0. The second kappa shape index (κ2) is 10.1. The van der Waals surface area contributed by atoms with Crippen LogP contribution in [0.1, 0.15) is 34.1 Å². The van der Waals surface area contributed by atoms with Crippen molar-refractivity contribution in [3.05, 3.63) is 101 Å². The van der Waals surface area contributed by atoms with Gasteiger partial charge in [-0.15, -0.1) is 5.10 Å². The minimum Gasteiger partial charge on any atom is -0.454 e. The monoisotopic (exact) mass is 482 g/mol. The minimum atomic E-state index is -0.00277. The highest BCUT2D eigenvalue weighted by Gasteiger charge is 2.30.